The van der Waals surface area contributed by atoms with Crippen molar-refractivity contribution in [3.63, 3.8) is 0 Å². The van der Waals surface area contributed by atoms with Gasteiger partial charge in [0.25, 0.3) is 0 Å². The lowest BCUT2D eigenvalue weighted by Gasteiger charge is -2.29. The van der Waals surface area contributed by atoms with E-state index in [0.717, 1.165) is 18.4 Å². The Kier molecular flexibility index (Phi) is 3.71. The van der Waals surface area contributed by atoms with Crippen molar-refractivity contribution in [3.8, 4) is 0 Å². The molecule has 3 heteroatoms. The first-order valence-corrected chi connectivity index (χ1v) is 6.46. The number of hydrogen-bond acceptors (Lipinski definition) is 3. The van der Waals surface area contributed by atoms with Crippen molar-refractivity contribution in [1.29, 1.82) is 0 Å². The minimum atomic E-state index is -0.525. The molecule has 1 fully saturated rings. The number of aryl methyl sites for hydroxylation is 1. The summed E-state index contributed by atoms with van der Waals surface area (Å²) in [6.45, 7) is 2.42. The molecule has 1 saturated carbocycles. The Morgan fingerprint density at radius 1 is 1.50 bits per heavy atom. The highest BCUT2D eigenvalue weighted by molar-refractivity contribution is 5.78. The van der Waals surface area contributed by atoms with Gasteiger partial charge in [-0.05, 0) is 37.7 Å². The van der Waals surface area contributed by atoms with Gasteiger partial charge in [-0.3, -0.25) is 4.79 Å². The van der Waals surface area contributed by atoms with Gasteiger partial charge in [0.15, 0.2) is 0 Å². The van der Waals surface area contributed by atoms with Gasteiger partial charge in [0.2, 0.25) is 0 Å². The van der Waals surface area contributed by atoms with Crippen LogP contribution in [0.15, 0.2) is 24.3 Å². The fourth-order valence-corrected chi connectivity index (χ4v) is 2.73. The van der Waals surface area contributed by atoms with Gasteiger partial charge in [-0.25, -0.2) is 0 Å². The molecule has 0 aromatic heterocycles. The molecule has 1 aliphatic carbocycles. The minimum Gasteiger partial charge on any atom is -0.469 e. The molecule has 1 aromatic rings. The van der Waals surface area contributed by atoms with Gasteiger partial charge < -0.3 is 10.5 Å². The standard InChI is InChI=1S/C15H21NO2/c1-11-4-3-5-12(8-11)9-15(10-16,13-6-7-13)14(17)18-2/h3-5,8,13H,6-7,9-10,16H2,1-2H3. The molecule has 0 bridgehead atoms. The molecule has 3 nitrogen and oxygen atoms in total. The number of methoxy groups -OCH3 is 1. The normalized spacial score (nSPS) is 18.2. The van der Waals surface area contributed by atoms with Crippen LogP contribution in [-0.4, -0.2) is 19.6 Å². The Bertz CT molecular complexity index is 440. The van der Waals surface area contributed by atoms with Gasteiger partial charge >= 0.3 is 5.97 Å². The lowest BCUT2D eigenvalue weighted by atomic mass is 9.77. The molecule has 0 amide bonds. The maximum atomic E-state index is 12.1. The topological polar surface area (TPSA) is 52.3 Å². The molecule has 0 spiro atoms. The molecular formula is C15H21NO2. The quantitative estimate of drug-likeness (QED) is 0.810. The summed E-state index contributed by atoms with van der Waals surface area (Å²) in [5.74, 6) is 0.226. The van der Waals surface area contributed by atoms with Crippen LogP contribution in [0.25, 0.3) is 0 Å². The molecule has 2 rings (SSSR count). The van der Waals surface area contributed by atoms with E-state index in [1.54, 1.807) is 0 Å². The van der Waals surface area contributed by atoms with E-state index >= 15 is 0 Å². The van der Waals surface area contributed by atoms with Crippen LogP contribution in [-0.2, 0) is 16.0 Å². The van der Waals surface area contributed by atoms with E-state index in [-0.39, 0.29) is 5.97 Å². The van der Waals surface area contributed by atoms with E-state index in [0.29, 0.717) is 18.9 Å². The second-order valence-corrected chi connectivity index (χ2v) is 5.29. The van der Waals surface area contributed by atoms with Gasteiger partial charge in [0.05, 0.1) is 12.5 Å². The third-order valence-electron chi connectivity index (χ3n) is 3.92. The SMILES string of the molecule is COC(=O)C(CN)(Cc1cccc(C)c1)C1CC1. The molecule has 98 valence electrons. The summed E-state index contributed by atoms with van der Waals surface area (Å²) in [6, 6.07) is 8.26. The van der Waals surface area contributed by atoms with Crippen LogP contribution in [0, 0.1) is 18.3 Å². The second kappa shape index (κ2) is 5.11. The Balaban J connectivity index is 2.27. The van der Waals surface area contributed by atoms with Gasteiger partial charge in [-0.15, -0.1) is 0 Å². The summed E-state index contributed by atoms with van der Waals surface area (Å²) in [5.41, 5.74) is 7.76. The molecule has 2 N–H and O–H groups in total. The van der Waals surface area contributed by atoms with Crippen LogP contribution in [0.2, 0.25) is 0 Å². The Morgan fingerprint density at radius 2 is 2.22 bits per heavy atom. The molecule has 18 heavy (non-hydrogen) atoms. The van der Waals surface area contributed by atoms with Crippen molar-refractivity contribution in [2.24, 2.45) is 17.1 Å². The van der Waals surface area contributed by atoms with Gasteiger partial charge in [-0.1, -0.05) is 29.8 Å². The lowest BCUT2D eigenvalue weighted by Crippen LogP contribution is -2.43. The molecule has 1 aliphatic rings. The van der Waals surface area contributed by atoms with E-state index in [1.165, 1.54) is 12.7 Å². The highest BCUT2D eigenvalue weighted by Crippen LogP contribution is 2.47. The van der Waals surface area contributed by atoms with Crippen molar-refractivity contribution in [2.45, 2.75) is 26.2 Å². The van der Waals surface area contributed by atoms with E-state index in [1.807, 2.05) is 6.07 Å². The first-order chi connectivity index (χ1) is 8.62. The molecule has 0 saturated heterocycles. The first kappa shape index (κ1) is 13.1. The summed E-state index contributed by atoms with van der Waals surface area (Å²) < 4.78 is 4.99. The maximum Gasteiger partial charge on any atom is 0.313 e. The zero-order valence-electron chi connectivity index (χ0n) is 11.1. The largest absolute Gasteiger partial charge is 0.469 e. The van der Waals surface area contributed by atoms with Gasteiger partial charge in [0, 0.05) is 6.54 Å². The molecule has 1 aromatic carbocycles. The highest BCUT2D eigenvalue weighted by atomic mass is 16.5. The number of carbonyl (C=O) groups is 1. The molecule has 1 unspecified atom stereocenters. The summed E-state index contributed by atoms with van der Waals surface area (Å²) in [7, 11) is 1.45. The first-order valence-electron chi connectivity index (χ1n) is 6.46. The van der Waals surface area contributed by atoms with Gasteiger partial charge in [0.1, 0.15) is 0 Å². The van der Waals surface area contributed by atoms with E-state index < -0.39 is 5.41 Å². The van der Waals surface area contributed by atoms with Crippen LogP contribution in [0.1, 0.15) is 24.0 Å². The summed E-state index contributed by atoms with van der Waals surface area (Å²) in [5, 5.41) is 0. The van der Waals surface area contributed by atoms with Crippen molar-refractivity contribution >= 4 is 5.97 Å². The highest BCUT2D eigenvalue weighted by Gasteiger charge is 2.50. The minimum absolute atomic E-state index is 0.158. The fraction of sp³-hybridized carbons (Fsp3) is 0.533. The van der Waals surface area contributed by atoms with Gasteiger partial charge in [-0.2, -0.15) is 0 Å². The summed E-state index contributed by atoms with van der Waals surface area (Å²) in [6.07, 6.45) is 2.85. The van der Waals surface area contributed by atoms with Crippen molar-refractivity contribution < 1.29 is 9.53 Å². The van der Waals surface area contributed by atoms with Crippen LogP contribution in [0.4, 0.5) is 0 Å². The van der Waals surface area contributed by atoms with Crippen molar-refractivity contribution in [1.82, 2.24) is 0 Å². The lowest BCUT2D eigenvalue weighted by molar-refractivity contribution is -0.153. The summed E-state index contributed by atoms with van der Waals surface area (Å²) in [4.78, 5) is 12.1. The predicted octanol–water partition coefficient (Wildman–Crippen LogP) is 2.07. The van der Waals surface area contributed by atoms with Crippen LogP contribution in [0.3, 0.4) is 0 Å². The molecule has 0 aliphatic heterocycles. The van der Waals surface area contributed by atoms with E-state index in [2.05, 4.69) is 25.1 Å². The molecule has 0 heterocycles. The molecular weight excluding hydrogens is 226 g/mol. The predicted molar refractivity (Wildman–Crippen MR) is 71.1 cm³/mol. The van der Waals surface area contributed by atoms with Crippen molar-refractivity contribution in [3.05, 3.63) is 35.4 Å². The number of esters is 1. The average Bonchev–Trinajstić information content (AvgIpc) is 3.19. The number of benzene rings is 1. The zero-order valence-corrected chi connectivity index (χ0v) is 11.1. The number of rotatable bonds is 5. The summed E-state index contributed by atoms with van der Waals surface area (Å²) >= 11 is 0. The van der Waals surface area contributed by atoms with Crippen LogP contribution >= 0.6 is 0 Å². The third kappa shape index (κ3) is 2.41. The average molecular weight is 247 g/mol. The fourth-order valence-electron chi connectivity index (χ4n) is 2.73. The molecule has 0 radical (unpaired) electrons. The Labute approximate surface area is 108 Å². The Morgan fingerprint density at radius 3 is 2.72 bits per heavy atom. The number of ether oxygens (including phenoxy) is 1. The number of hydrogen-bond donors (Lipinski definition) is 1. The second-order valence-electron chi connectivity index (χ2n) is 5.29. The smallest absolute Gasteiger partial charge is 0.313 e. The van der Waals surface area contributed by atoms with Crippen LogP contribution in [0.5, 0.6) is 0 Å². The zero-order chi connectivity index (χ0) is 13.2. The maximum absolute atomic E-state index is 12.1. The van der Waals surface area contributed by atoms with E-state index in [9.17, 15) is 4.79 Å². The van der Waals surface area contributed by atoms with Crippen molar-refractivity contribution in [2.75, 3.05) is 13.7 Å². The third-order valence-corrected chi connectivity index (χ3v) is 3.92. The Hall–Kier alpha value is -1.35. The number of carbonyl (C=O) groups excluding carboxylic acids is 1. The number of nitrogens with two attached hydrogens (primary N) is 1. The monoisotopic (exact) mass is 247 g/mol. The molecule has 1 atom stereocenters. The van der Waals surface area contributed by atoms with E-state index in [4.69, 9.17) is 10.5 Å². The van der Waals surface area contributed by atoms with Crippen LogP contribution < -0.4 is 5.73 Å².